The molecule has 20 heavy (non-hydrogen) atoms. The molecule has 2 rings (SSSR count). The molecule has 0 saturated heterocycles. The van der Waals surface area contributed by atoms with Gasteiger partial charge in [-0.2, -0.15) is 0 Å². The van der Waals surface area contributed by atoms with Crippen LogP contribution in [0.25, 0.3) is 0 Å². The van der Waals surface area contributed by atoms with E-state index in [1.54, 1.807) is 11.3 Å². The Morgan fingerprint density at radius 3 is 2.35 bits per heavy atom. The summed E-state index contributed by atoms with van der Waals surface area (Å²) in [6, 6.07) is 10.6. The third-order valence-corrected chi connectivity index (χ3v) is 4.41. The van der Waals surface area contributed by atoms with E-state index >= 15 is 0 Å². The van der Waals surface area contributed by atoms with E-state index < -0.39 is 0 Å². The first-order valence-corrected chi connectivity index (χ1v) is 7.73. The van der Waals surface area contributed by atoms with Gasteiger partial charge in [-0.25, -0.2) is 0 Å². The number of rotatable bonds is 4. The van der Waals surface area contributed by atoms with Crippen molar-refractivity contribution in [1.82, 2.24) is 0 Å². The minimum Gasteiger partial charge on any atom is -0.488 e. The van der Waals surface area contributed by atoms with Gasteiger partial charge in [0.15, 0.2) is 0 Å². The van der Waals surface area contributed by atoms with Gasteiger partial charge in [-0.15, -0.1) is 11.3 Å². The Bertz CT molecular complexity index is 581. The molecule has 0 bridgehead atoms. The third kappa shape index (κ3) is 3.62. The maximum absolute atomic E-state index is 5.92. The molecule has 2 nitrogen and oxygen atoms in total. The number of benzene rings is 1. The van der Waals surface area contributed by atoms with Crippen LogP contribution in [-0.4, -0.2) is 0 Å². The van der Waals surface area contributed by atoms with E-state index in [0.29, 0.717) is 13.2 Å². The molecule has 1 aromatic heterocycles. The minimum absolute atomic E-state index is 0.174. The molecule has 0 aliphatic rings. The zero-order valence-electron chi connectivity index (χ0n) is 12.7. The smallest absolute Gasteiger partial charge is 0.122 e. The van der Waals surface area contributed by atoms with Crippen molar-refractivity contribution in [3.63, 3.8) is 0 Å². The average Bonchev–Trinajstić information content (AvgIpc) is 2.84. The summed E-state index contributed by atoms with van der Waals surface area (Å²) < 4.78 is 5.92. The second-order valence-corrected chi connectivity index (χ2v) is 7.34. The molecule has 1 aromatic carbocycles. The van der Waals surface area contributed by atoms with Gasteiger partial charge in [0.05, 0.1) is 0 Å². The van der Waals surface area contributed by atoms with Crippen LogP contribution < -0.4 is 10.5 Å². The lowest BCUT2D eigenvalue weighted by Crippen LogP contribution is -2.11. The molecule has 108 valence electrons. The largest absolute Gasteiger partial charge is 0.488 e. The Balaban J connectivity index is 2.06. The zero-order valence-corrected chi connectivity index (χ0v) is 13.5. The zero-order chi connectivity index (χ0) is 14.8. The summed E-state index contributed by atoms with van der Waals surface area (Å²) in [6.07, 6.45) is 0. The van der Waals surface area contributed by atoms with Crippen LogP contribution in [0.2, 0.25) is 0 Å². The first kappa shape index (κ1) is 15.1. The summed E-state index contributed by atoms with van der Waals surface area (Å²) in [5.41, 5.74) is 8.32. The van der Waals surface area contributed by atoms with Crippen molar-refractivity contribution >= 4 is 11.3 Å². The molecular weight excluding hydrogens is 266 g/mol. The second-order valence-electron chi connectivity index (χ2n) is 6.09. The van der Waals surface area contributed by atoms with Gasteiger partial charge in [0.1, 0.15) is 12.4 Å². The van der Waals surface area contributed by atoms with Crippen LogP contribution >= 0.6 is 11.3 Å². The first-order valence-electron chi connectivity index (χ1n) is 6.92. The van der Waals surface area contributed by atoms with Crippen molar-refractivity contribution in [1.29, 1.82) is 0 Å². The third-order valence-electron chi connectivity index (χ3n) is 3.33. The lowest BCUT2D eigenvalue weighted by Gasteiger charge is -2.20. The van der Waals surface area contributed by atoms with E-state index in [1.165, 1.54) is 20.9 Å². The Morgan fingerprint density at radius 2 is 1.80 bits per heavy atom. The molecular formula is C17H23NOS. The summed E-state index contributed by atoms with van der Waals surface area (Å²) in [5.74, 6) is 0.959. The summed E-state index contributed by atoms with van der Waals surface area (Å²) >= 11 is 1.72. The van der Waals surface area contributed by atoms with E-state index in [0.717, 1.165) is 5.75 Å². The van der Waals surface area contributed by atoms with E-state index in [9.17, 15) is 0 Å². The number of hydrogen-bond donors (Lipinski definition) is 1. The molecule has 0 amide bonds. The second kappa shape index (κ2) is 5.98. The molecule has 0 spiro atoms. The molecule has 0 atom stereocenters. The van der Waals surface area contributed by atoms with Gasteiger partial charge in [0, 0.05) is 16.3 Å². The topological polar surface area (TPSA) is 35.2 Å². The molecule has 0 fully saturated rings. The minimum atomic E-state index is 0.174. The highest BCUT2D eigenvalue weighted by Crippen LogP contribution is 2.28. The predicted octanol–water partition coefficient (Wildman–Crippen LogP) is 4.39. The van der Waals surface area contributed by atoms with E-state index in [-0.39, 0.29) is 5.41 Å². The van der Waals surface area contributed by atoms with E-state index in [1.807, 2.05) is 0 Å². The Morgan fingerprint density at radius 1 is 1.10 bits per heavy atom. The predicted molar refractivity (Wildman–Crippen MR) is 86.4 cm³/mol. The summed E-state index contributed by atoms with van der Waals surface area (Å²) in [7, 11) is 0. The maximum atomic E-state index is 5.92. The summed E-state index contributed by atoms with van der Waals surface area (Å²) in [6.45, 7) is 9.99. The Labute approximate surface area is 125 Å². The molecule has 0 radical (unpaired) electrons. The van der Waals surface area contributed by atoms with Crippen LogP contribution in [0.3, 0.4) is 0 Å². The number of aryl methyl sites for hydroxylation is 1. The fraction of sp³-hybridized carbons (Fsp3) is 0.412. The van der Waals surface area contributed by atoms with Crippen LogP contribution in [0.1, 0.15) is 41.7 Å². The van der Waals surface area contributed by atoms with Crippen LogP contribution in [0.5, 0.6) is 5.75 Å². The molecule has 2 aromatic rings. The van der Waals surface area contributed by atoms with E-state index in [4.69, 9.17) is 10.5 Å². The monoisotopic (exact) mass is 289 g/mol. The van der Waals surface area contributed by atoms with E-state index in [2.05, 4.69) is 58.0 Å². The summed E-state index contributed by atoms with van der Waals surface area (Å²) in [5, 5.41) is 0. The fourth-order valence-electron chi connectivity index (χ4n) is 2.04. The van der Waals surface area contributed by atoms with Gasteiger partial charge in [0.25, 0.3) is 0 Å². The van der Waals surface area contributed by atoms with Crippen molar-refractivity contribution in [2.24, 2.45) is 5.73 Å². The van der Waals surface area contributed by atoms with Crippen molar-refractivity contribution in [3.8, 4) is 5.75 Å². The van der Waals surface area contributed by atoms with Gasteiger partial charge in [-0.1, -0.05) is 32.9 Å². The molecule has 0 saturated carbocycles. The number of hydrogen-bond acceptors (Lipinski definition) is 3. The van der Waals surface area contributed by atoms with Gasteiger partial charge >= 0.3 is 0 Å². The fourth-order valence-corrected chi connectivity index (χ4v) is 2.85. The highest BCUT2D eigenvalue weighted by Gasteiger charge is 2.14. The average molecular weight is 289 g/mol. The van der Waals surface area contributed by atoms with Crippen molar-refractivity contribution in [2.45, 2.75) is 46.3 Å². The molecule has 1 heterocycles. The van der Waals surface area contributed by atoms with Gasteiger partial charge < -0.3 is 10.5 Å². The number of nitrogens with two attached hydrogens (primary N) is 1. The van der Waals surface area contributed by atoms with Gasteiger partial charge in [0.2, 0.25) is 0 Å². The van der Waals surface area contributed by atoms with Crippen LogP contribution in [0, 0.1) is 6.92 Å². The highest BCUT2D eigenvalue weighted by molar-refractivity contribution is 7.11. The van der Waals surface area contributed by atoms with Crippen molar-refractivity contribution in [3.05, 3.63) is 51.2 Å². The highest BCUT2D eigenvalue weighted by atomic mass is 32.1. The molecule has 0 unspecified atom stereocenters. The number of ether oxygens (including phenoxy) is 1. The number of thiophene rings is 1. The quantitative estimate of drug-likeness (QED) is 0.906. The summed E-state index contributed by atoms with van der Waals surface area (Å²) in [4.78, 5) is 2.41. The van der Waals surface area contributed by atoms with Gasteiger partial charge in [-0.05, 0) is 41.7 Å². The maximum Gasteiger partial charge on any atom is 0.122 e. The van der Waals surface area contributed by atoms with Crippen LogP contribution in [-0.2, 0) is 18.6 Å². The first-order chi connectivity index (χ1) is 9.40. The molecule has 3 heteroatoms. The van der Waals surface area contributed by atoms with Crippen molar-refractivity contribution in [2.75, 3.05) is 0 Å². The Kier molecular flexibility index (Phi) is 4.51. The standard InChI is InChI=1S/C17H23NOS/c1-12-9-13(17(2,3)4)5-8-16(12)19-11-15-7-6-14(10-18)20-15/h5-9H,10-11,18H2,1-4H3. The molecule has 0 aliphatic carbocycles. The molecule has 0 aliphatic heterocycles. The molecule has 2 N–H and O–H groups in total. The van der Waals surface area contributed by atoms with Crippen LogP contribution in [0.15, 0.2) is 30.3 Å². The Hall–Kier alpha value is -1.32. The lowest BCUT2D eigenvalue weighted by atomic mass is 9.86. The normalized spacial score (nSPS) is 11.7. The van der Waals surface area contributed by atoms with Gasteiger partial charge in [-0.3, -0.25) is 0 Å². The van der Waals surface area contributed by atoms with Crippen LogP contribution in [0.4, 0.5) is 0 Å². The SMILES string of the molecule is Cc1cc(C(C)(C)C)ccc1OCc1ccc(CN)s1. The lowest BCUT2D eigenvalue weighted by molar-refractivity contribution is 0.307. The van der Waals surface area contributed by atoms with Crippen molar-refractivity contribution < 1.29 is 4.74 Å².